The van der Waals surface area contributed by atoms with E-state index >= 15 is 0 Å². The summed E-state index contributed by atoms with van der Waals surface area (Å²) in [6, 6.07) is 59.0. The van der Waals surface area contributed by atoms with Gasteiger partial charge in [-0.3, -0.25) is 0 Å². The molecule has 4 nitrogen and oxygen atoms in total. The maximum Gasteiger partial charge on any atom is 0.101 e. The molecule has 222 valence electrons. The van der Waals surface area contributed by atoms with Gasteiger partial charge in [-0.25, -0.2) is 0 Å². The van der Waals surface area contributed by atoms with Gasteiger partial charge in [0.1, 0.15) is 6.07 Å². The molecule has 2 heterocycles. The lowest BCUT2D eigenvalue weighted by Crippen LogP contribution is -1.98. The number of para-hydroxylation sites is 4. The first-order valence-electron chi connectivity index (χ1n) is 15.9. The highest BCUT2D eigenvalue weighted by Gasteiger charge is 2.18. The summed E-state index contributed by atoms with van der Waals surface area (Å²) in [6.07, 6.45) is 0. The second kappa shape index (κ2) is 10.9. The predicted octanol–water partition coefficient (Wildman–Crippen LogP) is 11.0. The number of fused-ring (bicyclic) bond motifs is 6. The van der Waals surface area contributed by atoms with Gasteiger partial charge in [0.05, 0.1) is 50.6 Å². The Morgan fingerprint density at radius 2 is 0.938 bits per heavy atom. The zero-order valence-electron chi connectivity index (χ0n) is 25.8. The van der Waals surface area contributed by atoms with Crippen LogP contribution in [0.25, 0.3) is 77.2 Å². The van der Waals surface area contributed by atoms with E-state index in [0.717, 1.165) is 55.4 Å². The molecule has 0 saturated heterocycles. The van der Waals surface area contributed by atoms with Gasteiger partial charge in [-0.15, -0.1) is 0 Å². The molecule has 9 rings (SSSR count). The van der Waals surface area contributed by atoms with Crippen molar-refractivity contribution in [2.75, 3.05) is 0 Å². The fourth-order valence-corrected chi connectivity index (χ4v) is 7.26. The highest BCUT2D eigenvalue weighted by Crippen LogP contribution is 2.38. The number of hydrogen-bond acceptors (Lipinski definition) is 2. The molecule has 0 N–H and O–H groups in total. The molecule has 9 aromatic rings. The normalized spacial score (nSPS) is 11.3. The number of benzene rings is 7. The molecule has 0 atom stereocenters. The van der Waals surface area contributed by atoms with Crippen molar-refractivity contribution in [3.63, 3.8) is 0 Å². The van der Waals surface area contributed by atoms with Crippen molar-refractivity contribution in [3.05, 3.63) is 169 Å². The van der Waals surface area contributed by atoms with Crippen LogP contribution in [0.1, 0.15) is 11.1 Å². The topological polar surface area (TPSA) is 57.4 Å². The van der Waals surface area contributed by atoms with E-state index in [1.807, 2.05) is 42.5 Å². The maximum atomic E-state index is 10.5. The summed E-state index contributed by atoms with van der Waals surface area (Å²) in [5.41, 5.74) is 11.5. The van der Waals surface area contributed by atoms with Gasteiger partial charge in [-0.1, -0.05) is 103 Å². The highest BCUT2D eigenvalue weighted by atomic mass is 15.0. The molecule has 0 unspecified atom stereocenters. The van der Waals surface area contributed by atoms with E-state index in [1.165, 1.54) is 21.8 Å². The molecule has 2 aromatic heterocycles. The number of rotatable bonds is 4. The van der Waals surface area contributed by atoms with Gasteiger partial charge in [0.15, 0.2) is 0 Å². The van der Waals surface area contributed by atoms with Gasteiger partial charge in [-0.05, 0) is 71.3 Å². The SMILES string of the molecule is N#Cc1ccc2c3ccccc3n(-c3ccc(-c4cccc(-c5ccccc5-n5c6ccccc6c6ccccc65)c4)cc3C#N)c2c1. The van der Waals surface area contributed by atoms with Crippen molar-refractivity contribution in [1.82, 2.24) is 9.13 Å². The lowest BCUT2D eigenvalue weighted by Gasteiger charge is -2.15. The Balaban J connectivity index is 1.19. The lowest BCUT2D eigenvalue weighted by atomic mass is 9.96. The predicted molar refractivity (Wildman–Crippen MR) is 195 cm³/mol. The van der Waals surface area contributed by atoms with Crippen molar-refractivity contribution in [1.29, 1.82) is 10.5 Å². The van der Waals surface area contributed by atoms with Crippen LogP contribution >= 0.6 is 0 Å². The monoisotopic (exact) mass is 610 g/mol. The average molecular weight is 611 g/mol. The van der Waals surface area contributed by atoms with Crippen LogP contribution in [0.4, 0.5) is 0 Å². The molecule has 0 aliphatic rings. The van der Waals surface area contributed by atoms with Crippen LogP contribution in [0.2, 0.25) is 0 Å². The van der Waals surface area contributed by atoms with E-state index in [-0.39, 0.29) is 0 Å². The molecule has 0 aliphatic carbocycles. The second-order valence-corrected chi connectivity index (χ2v) is 12.0. The zero-order chi connectivity index (χ0) is 32.2. The molecule has 0 aliphatic heterocycles. The maximum absolute atomic E-state index is 10.5. The number of aromatic nitrogens is 2. The van der Waals surface area contributed by atoms with Crippen molar-refractivity contribution < 1.29 is 0 Å². The molecule has 0 radical (unpaired) electrons. The summed E-state index contributed by atoms with van der Waals surface area (Å²) in [6.45, 7) is 0. The van der Waals surface area contributed by atoms with Crippen LogP contribution in [-0.2, 0) is 0 Å². The smallest absolute Gasteiger partial charge is 0.101 e. The average Bonchev–Trinajstić information content (AvgIpc) is 3.67. The van der Waals surface area contributed by atoms with Gasteiger partial charge >= 0.3 is 0 Å². The Hall–Kier alpha value is -6.88. The van der Waals surface area contributed by atoms with E-state index < -0.39 is 0 Å². The van der Waals surface area contributed by atoms with E-state index in [0.29, 0.717) is 11.1 Å². The quantitative estimate of drug-likeness (QED) is 0.199. The lowest BCUT2D eigenvalue weighted by molar-refractivity contribution is 1.17. The Kier molecular flexibility index (Phi) is 6.22. The van der Waals surface area contributed by atoms with Gasteiger partial charge in [-0.2, -0.15) is 10.5 Å². The van der Waals surface area contributed by atoms with Crippen molar-refractivity contribution >= 4 is 43.6 Å². The number of hydrogen-bond donors (Lipinski definition) is 0. The van der Waals surface area contributed by atoms with Crippen LogP contribution in [0.3, 0.4) is 0 Å². The van der Waals surface area contributed by atoms with Gasteiger partial charge in [0, 0.05) is 27.1 Å². The van der Waals surface area contributed by atoms with Crippen LogP contribution in [-0.4, -0.2) is 9.13 Å². The molecule has 0 saturated carbocycles. The first-order valence-corrected chi connectivity index (χ1v) is 15.9. The molecule has 0 amide bonds. The van der Waals surface area contributed by atoms with E-state index in [4.69, 9.17) is 0 Å². The van der Waals surface area contributed by atoms with Crippen molar-refractivity contribution in [3.8, 4) is 45.8 Å². The standard InChI is InChI=1S/C44H26N4/c45-27-29-20-22-38-37-15-4-6-17-41(37)47(44(38)24-29)39-23-21-31(26-33(39)28-46)30-10-9-11-32(25-30)34-12-1-5-16-40(34)48-42-18-7-2-13-35(42)36-14-3-8-19-43(36)48/h1-26H. The van der Waals surface area contributed by atoms with Gasteiger partial charge in [0.25, 0.3) is 0 Å². The Morgan fingerprint density at radius 3 is 1.60 bits per heavy atom. The van der Waals surface area contributed by atoms with Crippen molar-refractivity contribution in [2.45, 2.75) is 0 Å². The zero-order valence-corrected chi connectivity index (χ0v) is 25.8. The van der Waals surface area contributed by atoms with Crippen LogP contribution in [0.5, 0.6) is 0 Å². The number of nitrogens with zero attached hydrogens (tertiary/aromatic N) is 4. The molecule has 0 bridgehead atoms. The summed E-state index contributed by atoms with van der Waals surface area (Å²) >= 11 is 0. The third kappa shape index (κ3) is 4.14. The fraction of sp³-hybridized carbons (Fsp3) is 0. The summed E-state index contributed by atoms with van der Waals surface area (Å²) < 4.78 is 4.46. The highest BCUT2D eigenvalue weighted by molar-refractivity contribution is 6.10. The van der Waals surface area contributed by atoms with E-state index in [9.17, 15) is 10.5 Å². The second-order valence-electron chi connectivity index (χ2n) is 12.0. The van der Waals surface area contributed by atoms with Crippen molar-refractivity contribution in [2.24, 2.45) is 0 Å². The molecule has 0 fully saturated rings. The summed E-state index contributed by atoms with van der Waals surface area (Å²) in [4.78, 5) is 0. The van der Waals surface area contributed by atoms with E-state index in [2.05, 4.69) is 137 Å². The van der Waals surface area contributed by atoms with E-state index in [1.54, 1.807) is 0 Å². The van der Waals surface area contributed by atoms with Gasteiger partial charge < -0.3 is 9.13 Å². The van der Waals surface area contributed by atoms with Crippen LogP contribution in [0.15, 0.2) is 158 Å². The molecule has 7 aromatic carbocycles. The Labute approximate surface area is 277 Å². The third-order valence-corrected chi connectivity index (χ3v) is 9.39. The minimum Gasteiger partial charge on any atom is -0.309 e. The summed E-state index contributed by atoms with van der Waals surface area (Å²) in [5, 5.41) is 24.7. The van der Waals surface area contributed by atoms with Crippen LogP contribution < -0.4 is 0 Å². The Bertz CT molecular complexity index is 2760. The first kappa shape index (κ1) is 27.4. The summed E-state index contributed by atoms with van der Waals surface area (Å²) in [5.74, 6) is 0. The first-order chi connectivity index (χ1) is 23.7. The molecule has 48 heavy (non-hydrogen) atoms. The minimum atomic E-state index is 0.564. The van der Waals surface area contributed by atoms with Crippen LogP contribution in [0, 0.1) is 22.7 Å². The number of nitriles is 2. The largest absolute Gasteiger partial charge is 0.309 e. The third-order valence-electron chi connectivity index (χ3n) is 9.39. The fourth-order valence-electron chi connectivity index (χ4n) is 7.26. The minimum absolute atomic E-state index is 0.564. The molecular formula is C44H26N4. The Morgan fingerprint density at radius 1 is 0.375 bits per heavy atom. The van der Waals surface area contributed by atoms with Gasteiger partial charge in [0.2, 0.25) is 0 Å². The molecular weight excluding hydrogens is 585 g/mol. The molecule has 4 heteroatoms. The summed E-state index contributed by atoms with van der Waals surface area (Å²) in [7, 11) is 0. The molecule has 0 spiro atoms.